The summed E-state index contributed by atoms with van der Waals surface area (Å²) in [6.45, 7) is 0. The first-order valence-electron chi connectivity index (χ1n) is 4.43. The van der Waals surface area contributed by atoms with Gasteiger partial charge in [-0.25, -0.2) is 0 Å². The van der Waals surface area contributed by atoms with E-state index in [1.54, 1.807) is 0 Å². The van der Waals surface area contributed by atoms with Gasteiger partial charge in [0.1, 0.15) is 0 Å². The lowest BCUT2D eigenvalue weighted by Gasteiger charge is -2.11. The molecule has 1 aromatic carbocycles. The van der Waals surface area contributed by atoms with E-state index in [9.17, 15) is 13.2 Å². The number of rotatable bonds is 1. The summed E-state index contributed by atoms with van der Waals surface area (Å²) in [6.07, 6.45) is -4.47. The molecule has 17 heavy (non-hydrogen) atoms. The fraction of sp³-hybridized carbons (Fsp3) is 0.111. The largest absolute Gasteiger partial charge is 0.417 e. The first-order valence-corrected chi connectivity index (χ1v) is 5.22. The fourth-order valence-corrected chi connectivity index (χ4v) is 1.71. The van der Waals surface area contributed by atoms with Gasteiger partial charge in [0.15, 0.2) is 5.82 Å². The number of anilines is 1. The lowest BCUT2D eigenvalue weighted by Crippen LogP contribution is -2.07. The predicted molar refractivity (Wildman–Crippen MR) is 58.9 cm³/mol. The summed E-state index contributed by atoms with van der Waals surface area (Å²) < 4.78 is 38.8. The van der Waals surface area contributed by atoms with E-state index in [1.807, 2.05) is 0 Å². The van der Waals surface area contributed by atoms with Gasteiger partial charge in [0, 0.05) is 10.0 Å². The van der Waals surface area contributed by atoms with Gasteiger partial charge in [-0.15, -0.1) is 5.10 Å². The van der Waals surface area contributed by atoms with Crippen molar-refractivity contribution in [3.05, 3.63) is 28.2 Å². The molecule has 0 spiro atoms. The van der Waals surface area contributed by atoms with Crippen molar-refractivity contribution in [1.29, 1.82) is 0 Å². The highest BCUT2D eigenvalue weighted by molar-refractivity contribution is 9.10. The molecule has 2 aromatic rings. The third-order valence-corrected chi connectivity index (χ3v) is 2.54. The van der Waals surface area contributed by atoms with Crippen molar-refractivity contribution < 1.29 is 13.2 Å². The van der Waals surface area contributed by atoms with Gasteiger partial charge in [-0.2, -0.15) is 18.2 Å². The van der Waals surface area contributed by atoms with Crippen molar-refractivity contribution in [2.24, 2.45) is 0 Å². The van der Waals surface area contributed by atoms with E-state index >= 15 is 0 Å². The molecule has 0 aliphatic carbocycles. The summed E-state index contributed by atoms with van der Waals surface area (Å²) in [5.74, 6) is -0.113. The van der Waals surface area contributed by atoms with Gasteiger partial charge >= 0.3 is 6.18 Å². The molecule has 0 aliphatic rings. The number of benzene rings is 1. The Morgan fingerprint density at radius 3 is 2.53 bits per heavy atom. The van der Waals surface area contributed by atoms with Gasteiger partial charge in [-0.05, 0) is 18.2 Å². The van der Waals surface area contributed by atoms with Crippen LogP contribution in [0.3, 0.4) is 0 Å². The van der Waals surface area contributed by atoms with Crippen molar-refractivity contribution in [3.63, 3.8) is 0 Å². The number of nitrogen functional groups attached to an aromatic ring is 1. The van der Waals surface area contributed by atoms with E-state index in [-0.39, 0.29) is 17.3 Å². The second kappa shape index (κ2) is 4.02. The molecule has 0 unspecified atom stereocenters. The number of aromatic amines is 1. The summed E-state index contributed by atoms with van der Waals surface area (Å²) >= 11 is 3.00. The molecule has 4 nitrogen and oxygen atoms in total. The topological polar surface area (TPSA) is 67.6 Å². The molecule has 1 aromatic heterocycles. The summed E-state index contributed by atoms with van der Waals surface area (Å²) in [5, 5.41) is 5.85. The minimum absolute atomic E-state index is 0.0117. The van der Waals surface area contributed by atoms with Crippen LogP contribution >= 0.6 is 15.9 Å². The molecule has 0 saturated carbocycles. The van der Waals surface area contributed by atoms with Gasteiger partial charge in [0.2, 0.25) is 5.95 Å². The van der Waals surface area contributed by atoms with Gasteiger partial charge in [-0.3, -0.25) is 5.10 Å². The van der Waals surface area contributed by atoms with E-state index in [0.717, 1.165) is 6.07 Å². The van der Waals surface area contributed by atoms with E-state index in [1.165, 1.54) is 12.1 Å². The number of hydrogen-bond acceptors (Lipinski definition) is 3. The zero-order valence-corrected chi connectivity index (χ0v) is 9.80. The van der Waals surface area contributed by atoms with Crippen LogP contribution in [0.4, 0.5) is 19.1 Å². The third-order valence-electron chi connectivity index (χ3n) is 2.04. The molecule has 0 aliphatic heterocycles. The van der Waals surface area contributed by atoms with Crippen LogP contribution in [-0.4, -0.2) is 15.2 Å². The van der Waals surface area contributed by atoms with Crippen molar-refractivity contribution in [2.75, 3.05) is 5.73 Å². The predicted octanol–water partition coefficient (Wildman–Crippen LogP) is 2.84. The Balaban J connectivity index is 2.61. The number of alkyl halides is 3. The van der Waals surface area contributed by atoms with Crippen molar-refractivity contribution >= 4 is 21.9 Å². The van der Waals surface area contributed by atoms with E-state index in [4.69, 9.17) is 5.73 Å². The molecule has 0 atom stereocenters. The lowest BCUT2D eigenvalue weighted by molar-refractivity contribution is -0.137. The van der Waals surface area contributed by atoms with Crippen LogP contribution in [0.2, 0.25) is 0 Å². The smallest absolute Gasteiger partial charge is 0.366 e. The quantitative estimate of drug-likeness (QED) is 0.851. The number of nitrogens with two attached hydrogens (primary N) is 1. The van der Waals surface area contributed by atoms with Crippen LogP contribution in [0.5, 0.6) is 0 Å². The van der Waals surface area contributed by atoms with Crippen molar-refractivity contribution in [3.8, 4) is 11.4 Å². The highest BCUT2D eigenvalue weighted by atomic mass is 79.9. The maximum absolute atomic E-state index is 12.8. The normalized spacial score (nSPS) is 11.8. The average Bonchev–Trinajstić information content (AvgIpc) is 2.63. The second-order valence-corrected chi connectivity index (χ2v) is 4.15. The molecule has 2 rings (SSSR count). The van der Waals surface area contributed by atoms with Gasteiger partial charge in [0.05, 0.1) is 5.56 Å². The molecule has 90 valence electrons. The molecule has 0 radical (unpaired) electrons. The summed E-state index contributed by atoms with van der Waals surface area (Å²) in [6, 6.07) is 3.77. The Morgan fingerprint density at radius 1 is 1.29 bits per heavy atom. The minimum Gasteiger partial charge on any atom is -0.366 e. The highest BCUT2D eigenvalue weighted by Gasteiger charge is 2.34. The Kier molecular flexibility index (Phi) is 2.82. The van der Waals surface area contributed by atoms with E-state index in [2.05, 4.69) is 31.1 Å². The molecule has 0 bridgehead atoms. The molecule has 0 saturated heterocycles. The molecular formula is C9H6BrF3N4. The zero-order chi connectivity index (χ0) is 12.6. The molecule has 1 heterocycles. The lowest BCUT2D eigenvalue weighted by atomic mass is 10.1. The van der Waals surface area contributed by atoms with Gasteiger partial charge in [-0.1, -0.05) is 15.9 Å². The Morgan fingerprint density at radius 2 is 2.00 bits per heavy atom. The number of aromatic nitrogens is 3. The summed E-state index contributed by atoms with van der Waals surface area (Å²) in [5.41, 5.74) is 4.37. The standard InChI is InChI=1S/C9H6BrF3N4/c10-4-1-2-5(6(3-4)9(11,12)13)7-15-8(14)17-16-7/h1-3H,(H3,14,15,16,17). The Hall–Kier alpha value is -1.57. The van der Waals surface area contributed by atoms with Crippen LogP contribution in [0.1, 0.15) is 5.56 Å². The minimum atomic E-state index is -4.47. The monoisotopic (exact) mass is 306 g/mol. The number of H-pyrrole nitrogens is 1. The molecule has 3 N–H and O–H groups in total. The number of hydrogen-bond donors (Lipinski definition) is 2. The van der Waals surface area contributed by atoms with E-state index < -0.39 is 11.7 Å². The molecular weight excluding hydrogens is 301 g/mol. The van der Waals surface area contributed by atoms with Crippen molar-refractivity contribution in [1.82, 2.24) is 15.2 Å². The third kappa shape index (κ3) is 2.41. The molecule has 8 heteroatoms. The van der Waals surface area contributed by atoms with Crippen LogP contribution in [0, 0.1) is 0 Å². The Labute approximate surface area is 102 Å². The van der Waals surface area contributed by atoms with Crippen molar-refractivity contribution in [2.45, 2.75) is 6.18 Å². The fourth-order valence-electron chi connectivity index (χ4n) is 1.35. The average molecular weight is 307 g/mol. The van der Waals surface area contributed by atoms with Crippen LogP contribution in [0.15, 0.2) is 22.7 Å². The highest BCUT2D eigenvalue weighted by Crippen LogP contribution is 2.37. The summed E-state index contributed by atoms with van der Waals surface area (Å²) in [4.78, 5) is 3.68. The van der Waals surface area contributed by atoms with Gasteiger partial charge in [0.25, 0.3) is 0 Å². The first-order chi connectivity index (χ1) is 7.88. The molecule has 0 amide bonds. The van der Waals surface area contributed by atoms with Gasteiger partial charge < -0.3 is 5.73 Å². The van der Waals surface area contributed by atoms with Crippen LogP contribution in [0.25, 0.3) is 11.4 Å². The zero-order valence-electron chi connectivity index (χ0n) is 8.22. The second-order valence-electron chi connectivity index (χ2n) is 3.23. The maximum Gasteiger partial charge on any atom is 0.417 e. The first kappa shape index (κ1) is 11.9. The SMILES string of the molecule is Nc1n[nH]c(-c2ccc(Br)cc2C(F)(F)F)n1. The number of halogens is 4. The molecule has 0 fully saturated rings. The number of nitrogens with one attached hydrogen (secondary N) is 1. The Bertz CT molecular complexity index is 549. The number of nitrogens with zero attached hydrogens (tertiary/aromatic N) is 2. The maximum atomic E-state index is 12.8. The van der Waals surface area contributed by atoms with E-state index in [0.29, 0.717) is 4.47 Å². The van der Waals surface area contributed by atoms with Crippen LogP contribution in [-0.2, 0) is 6.18 Å². The summed E-state index contributed by atoms with van der Waals surface area (Å²) in [7, 11) is 0. The van der Waals surface area contributed by atoms with Crippen LogP contribution < -0.4 is 5.73 Å².